The lowest BCUT2D eigenvalue weighted by Crippen LogP contribution is -2.27. The van der Waals surface area contributed by atoms with Crippen LogP contribution in [0.25, 0.3) is 0 Å². The number of halogens is 2. The predicted octanol–water partition coefficient (Wildman–Crippen LogP) is 4.57. The minimum absolute atomic E-state index is 0.00925. The van der Waals surface area contributed by atoms with Crippen molar-refractivity contribution < 1.29 is 22.6 Å². The van der Waals surface area contributed by atoms with Crippen LogP contribution < -0.4 is 15.5 Å². The largest absolute Gasteiger partial charge is 0.397 e. The van der Waals surface area contributed by atoms with E-state index in [0.717, 1.165) is 31.5 Å². The van der Waals surface area contributed by atoms with Crippen LogP contribution >= 0.6 is 23.2 Å². The Morgan fingerprint density at radius 1 is 1.03 bits per heavy atom. The summed E-state index contributed by atoms with van der Waals surface area (Å²) in [7, 11) is -3.51. The van der Waals surface area contributed by atoms with Gasteiger partial charge in [-0.3, -0.25) is 14.3 Å². The molecule has 13 heteroatoms. The highest BCUT2D eigenvalue weighted by atomic mass is 35.5. The fourth-order valence-electron chi connectivity index (χ4n) is 4.87. The molecule has 2 aromatic rings. The van der Waals surface area contributed by atoms with Crippen LogP contribution in [0.4, 0.5) is 22.7 Å². The third-order valence-corrected chi connectivity index (χ3v) is 8.05. The Balaban J connectivity index is 0.000000221. The minimum atomic E-state index is -3.51. The third-order valence-electron chi connectivity index (χ3n) is 6.93. The first-order chi connectivity index (χ1) is 17.7. The maximum absolute atomic E-state index is 11.2. The van der Waals surface area contributed by atoms with Gasteiger partial charge in [0.25, 0.3) is 15.8 Å². The van der Waals surface area contributed by atoms with Gasteiger partial charge in [-0.05, 0) is 57.0 Å². The summed E-state index contributed by atoms with van der Waals surface area (Å²) in [4.78, 5) is 14.8. The first kappa shape index (κ1) is 30.2. The van der Waals surface area contributed by atoms with Crippen molar-refractivity contribution in [2.75, 3.05) is 48.0 Å². The van der Waals surface area contributed by atoms with Crippen molar-refractivity contribution in [3.05, 3.63) is 56.6 Å². The van der Waals surface area contributed by atoms with Crippen LogP contribution in [-0.4, -0.2) is 63.1 Å². The number of aliphatic hydroxyl groups excluding tert-OH is 1. The van der Waals surface area contributed by atoms with E-state index in [0.29, 0.717) is 46.8 Å². The van der Waals surface area contributed by atoms with Crippen LogP contribution in [0, 0.1) is 22.0 Å². The fourth-order valence-corrected chi connectivity index (χ4v) is 5.92. The molecule has 2 aliphatic rings. The molecule has 0 spiro atoms. The van der Waals surface area contributed by atoms with Crippen LogP contribution in [-0.2, 0) is 14.3 Å². The maximum Gasteiger partial charge on any atom is 0.294 e. The molecule has 0 bridgehead atoms. The molecule has 10 nitrogen and oxygen atoms in total. The molecule has 4 unspecified atom stereocenters. The highest BCUT2D eigenvalue weighted by molar-refractivity contribution is 7.86. The number of nitro benzene ring substituents is 1. The van der Waals surface area contributed by atoms with Crippen LogP contribution in [0.2, 0.25) is 10.0 Å². The molecule has 0 aliphatic carbocycles. The lowest BCUT2D eigenvalue weighted by molar-refractivity contribution is -0.384. The zero-order valence-corrected chi connectivity index (χ0v) is 23.9. The first-order valence-electron chi connectivity index (χ1n) is 12.3. The first-order valence-corrected chi connectivity index (χ1v) is 14.9. The third kappa shape index (κ3) is 8.09. The Labute approximate surface area is 233 Å². The Morgan fingerprint density at radius 3 is 2.08 bits per heavy atom. The molecule has 2 aromatic carbocycles. The highest BCUT2D eigenvalue weighted by Gasteiger charge is 2.32. The molecule has 3 N–H and O–H groups in total. The Bertz CT molecular complexity index is 1250. The van der Waals surface area contributed by atoms with Crippen LogP contribution in [0.15, 0.2) is 36.4 Å². The van der Waals surface area contributed by atoms with Crippen LogP contribution in [0.1, 0.15) is 26.7 Å². The van der Waals surface area contributed by atoms with Gasteiger partial charge in [0.15, 0.2) is 0 Å². The Morgan fingerprint density at radius 2 is 1.55 bits per heavy atom. The zero-order chi connectivity index (χ0) is 28.2. The van der Waals surface area contributed by atoms with Gasteiger partial charge in [0.2, 0.25) is 0 Å². The zero-order valence-electron chi connectivity index (χ0n) is 21.6. The molecule has 210 valence electrons. The number of nitrogens with two attached hydrogens (primary N) is 1. The number of anilines is 3. The van der Waals surface area contributed by atoms with Crippen molar-refractivity contribution in [3.63, 3.8) is 0 Å². The maximum atomic E-state index is 11.2. The Kier molecular flexibility index (Phi) is 10.1. The summed E-state index contributed by atoms with van der Waals surface area (Å²) in [5, 5.41) is 21.7. The van der Waals surface area contributed by atoms with Gasteiger partial charge >= 0.3 is 0 Å². The molecule has 4 rings (SSSR count). The van der Waals surface area contributed by atoms with E-state index in [2.05, 4.69) is 4.90 Å². The number of nitrogens with zero attached hydrogens (tertiary/aromatic N) is 3. The number of benzene rings is 2. The normalized spacial score (nSPS) is 21.1. The van der Waals surface area contributed by atoms with Crippen molar-refractivity contribution >= 4 is 56.1 Å². The quantitative estimate of drug-likeness (QED) is 0.206. The summed E-state index contributed by atoms with van der Waals surface area (Å²) in [6, 6.07) is 10.1. The van der Waals surface area contributed by atoms with E-state index in [1.54, 1.807) is 25.1 Å². The van der Waals surface area contributed by atoms with Gasteiger partial charge in [0, 0.05) is 54.1 Å². The van der Waals surface area contributed by atoms with Gasteiger partial charge in [-0.25, -0.2) is 0 Å². The van der Waals surface area contributed by atoms with Gasteiger partial charge in [0.05, 0.1) is 34.8 Å². The summed E-state index contributed by atoms with van der Waals surface area (Å²) in [5.41, 5.74) is 8.10. The van der Waals surface area contributed by atoms with Crippen molar-refractivity contribution in [2.45, 2.75) is 38.9 Å². The average Bonchev–Trinajstić information content (AvgIpc) is 3.49. The molecule has 2 heterocycles. The van der Waals surface area contributed by atoms with Gasteiger partial charge in [-0.1, -0.05) is 23.2 Å². The summed E-state index contributed by atoms with van der Waals surface area (Å²) in [5.74, 6) is 0.333. The smallest absolute Gasteiger partial charge is 0.294 e. The second kappa shape index (κ2) is 12.7. The fraction of sp³-hybridized carbons (Fsp3) is 0.520. The molecule has 2 saturated heterocycles. The number of nitrogen functional groups attached to an aromatic ring is 1. The topological polar surface area (TPSA) is 139 Å². The van der Waals surface area contributed by atoms with Gasteiger partial charge < -0.3 is 20.6 Å². The van der Waals surface area contributed by atoms with E-state index in [9.17, 15) is 23.6 Å². The summed E-state index contributed by atoms with van der Waals surface area (Å²) >= 11 is 11.7. The number of hydrogen-bond acceptors (Lipinski definition) is 9. The summed E-state index contributed by atoms with van der Waals surface area (Å²) in [6.07, 6.45) is 2.01. The molecule has 2 aliphatic heterocycles. The highest BCUT2D eigenvalue weighted by Crippen LogP contribution is 2.35. The number of hydrogen-bond donors (Lipinski definition) is 2. The van der Waals surface area contributed by atoms with Crippen LogP contribution in [0.3, 0.4) is 0 Å². The molecule has 0 amide bonds. The minimum Gasteiger partial charge on any atom is -0.397 e. The predicted molar refractivity (Wildman–Crippen MR) is 152 cm³/mol. The monoisotopic (exact) mass is 588 g/mol. The van der Waals surface area contributed by atoms with E-state index in [1.165, 1.54) is 6.07 Å². The standard InChI is InChI=1S/C13H17ClN2O5S.C12H17ClN2O/c1-9(21-22(2,19)20)10-5-6-15(8-10)12-4-3-11(14)7-13(12)16(17)18;1-8(16)9-4-5-15(7-9)12-3-2-10(13)6-11(12)14/h3-4,7,9-10H,5-6,8H2,1-2H3;2-3,6,8-9,16H,4-5,7,14H2,1H3. The van der Waals surface area contributed by atoms with E-state index in [4.69, 9.17) is 33.1 Å². The molecule has 38 heavy (non-hydrogen) atoms. The SMILES string of the molecule is CC(O)C1CCN(c2ccc(Cl)cc2N)C1.CC(OS(C)(=O)=O)C1CCN(c2ccc(Cl)cc2[N+](=O)[O-])C1. The number of rotatable bonds is 7. The van der Waals surface area contributed by atoms with Crippen molar-refractivity contribution in [3.8, 4) is 0 Å². The van der Waals surface area contributed by atoms with Gasteiger partial charge in [-0.2, -0.15) is 8.42 Å². The Hall–Kier alpha value is -2.31. The second-order valence-electron chi connectivity index (χ2n) is 9.83. The van der Waals surface area contributed by atoms with E-state index in [1.807, 2.05) is 24.0 Å². The van der Waals surface area contributed by atoms with E-state index in [-0.39, 0.29) is 17.7 Å². The number of nitro groups is 1. The molecule has 0 aromatic heterocycles. The van der Waals surface area contributed by atoms with Gasteiger partial charge in [-0.15, -0.1) is 0 Å². The molecular formula is C25H34Cl2N4O6S. The molecule has 2 fully saturated rings. The van der Waals surface area contributed by atoms with E-state index < -0.39 is 21.1 Å². The second-order valence-corrected chi connectivity index (χ2v) is 12.3. The summed E-state index contributed by atoms with van der Waals surface area (Å²) in [6.45, 7) is 6.46. The summed E-state index contributed by atoms with van der Waals surface area (Å²) < 4.78 is 27.4. The average molecular weight is 590 g/mol. The molecule has 4 atom stereocenters. The molecular weight excluding hydrogens is 555 g/mol. The van der Waals surface area contributed by atoms with Crippen molar-refractivity contribution in [2.24, 2.45) is 11.8 Å². The lowest BCUT2D eigenvalue weighted by atomic mass is 10.0. The number of aliphatic hydroxyl groups is 1. The van der Waals surface area contributed by atoms with E-state index >= 15 is 0 Å². The van der Waals surface area contributed by atoms with Gasteiger partial charge in [0.1, 0.15) is 5.69 Å². The molecule has 0 saturated carbocycles. The molecule has 0 radical (unpaired) electrons. The van der Waals surface area contributed by atoms with Crippen LogP contribution in [0.5, 0.6) is 0 Å². The van der Waals surface area contributed by atoms with Crippen molar-refractivity contribution in [1.82, 2.24) is 0 Å². The lowest BCUT2D eigenvalue weighted by Gasteiger charge is -2.21. The van der Waals surface area contributed by atoms with Crippen molar-refractivity contribution in [1.29, 1.82) is 0 Å².